The van der Waals surface area contributed by atoms with Gasteiger partial charge in [0.25, 0.3) is 12.3 Å². The predicted molar refractivity (Wildman–Crippen MR) is 90.0 cm³/mol. The second-order valence-corrected chi connectivity index (χ2v) is 6.11. The van der Waals surface area contributed by atoms with Crippen LogP contribution in [0, 0.1) is 0 Å². The Morgan fingerprint density at radius 1 is 1.27 bits per heavy atom. The summed E-state index contributed by atoms with van der Waals surface area (Å²) in [7, 11) is 0. The van der Waals surface area contributed by atoms with E-state index >= 15 is 0 Å². The van der Waals surface area contributed by atoms with Gasteiger partial charge >= 0.3 is 0 Å². The van der Waals surface area contributed by atoms with Crippen LogP contribution >= 0.6 is 0 Å². The Morgan fingerprint density at radius 3 is 2.50 bits per heavy atom. The topological polar surface area (TPSA) is 81.5 Å². The maximum absolute atomic E-state index is 12.4. The van der Waals surface area contributed by atoms with Crippen LogP contribution in [-0.4, -0.2) is 77.4 Å². The van der Waals surface area contributed by atoms with Crippen molar-refractivity contribution in [2.75, 3.05) is 32.8 Å². The van der Waals surface area contributed by atoms with Gasteiger partial charge in [-0.1, -0.05) is 5.21 Å². The van der Waals surface area contributed by atoms with Gasteiger partial charge in [0.15, 0.2) is 12.0 Å². The summed E-state index contributed by atoms with van der Waals surface area (Å²) in [4.78, 5) is 14.0. The molecule has 0 aliphatic carbocycles. The van der Waals surface area contributed by atoms with Gasteiger partial charge in [0, 0.05) is 32.3 Å². The summed E-state index contributed by atoms with van der Waals surface area (Å²) in [5.74, 6) is -0.312. The number of nitrogens with one attached hydrogen (secondary N) is 1. The lowest BCUT2D eigenvalue weighted by atomic mass is 10.0. The van der Waals surface area contributed by atoms with Crippen LogP contribution in [0.2, 0.25) is 0 Å². The summed E-state index contributed by atoms with van der Waals surface area (Å²) >= 11 is 0. The molecule has 10 heteroatoms. The molecule has 26 heavy (non-hydrogen) atoms. The lowest BCUT2D eigenvalue weighted by Gasteiger charge is -2.31. The quantitative estimate of drug-likeness (QED) is 0.618. The molecule has 1 N–H and O–H groups in total. The maximum Gasteiger partial charge on any atom is 0.273 e. The van der Waals surface area contributed by atoms with E-state index in [0.717, 1.165) is 0 Å². The van der Waals surface area contributed by atoms with Crippen molar-refractivity contribution in [2.45, 2.75) is 52.0 Å². The highest BCUT2D eigenvalue weighted by Gasteiger charge is 2.24. The van der Waals surface area contributed by atoms with Crippen LogP contribution in [0.15, 0.2) is 6.20 Å². The molecule has 0 atom stereocenters. The molecule has 0 radical (unpaired) electrons. The third-order valence-electron chi connectivity index (χ3n) is 4.13. The number of likely N-dealkylation sites (tertiary alicyclic amines) is 1. The lowest BCUT2D eigenvalue weighted by Crippen LogP contribution is -2.45. The molecule has 2 rings (SSSR count). The smallest absolute Gasteiger partial charge is 0.273 e. The Kier molecular flexibility index (Phi) is 8.33. The second-order valence-electron chi connectivity index (χ2n) is 6.11. The third kappa shape index (κ3) is 6.58. The van der Waals surface area contributed by atoms with Gasteiger partial charge in [0.05, 0.1) is 19.3 Å². The van der Waals surface area contributed by atoms with E-state index in [-0.39, 0.29) is 24.2 Å². The number of hydrogen-bond acceptors (Lipinski definition) is 6. The van der Waals surface area contributed by atoms with Crippen molar-refractivity contribution in [1.29, 1.82) is 0 Å². The van der Waals surface area contributed by atoms with Crippen molar-refractivity contribution in [3.63, 3.8) is 0 Å². The molecular formula is C16H27F2N5O3. The minimum Gasteiger partial charge on any atom is -0.351 e. The van der Waals surface area contributed by atoms with Gasteiger partial charge in [-0.15, -0.1) is 5.10 Å². The van der Waals surface area contributed by atoms with E-state index in [1.807, 2.05) is 13.8 Å². The first-order valence-electron chi connectivity index (χ1n) is 8.96. The number of carbonyl (C=O) groups is 1. The summed E-state index contributed by atoms with van der Waals surface area (Å²) in [6, 6.07) is -0.0406. The molecule has 2 heterocycles. The molecular weight excluding hydrogens is 348 g/mol. The largest absolute Gasteiger partial charge is 0.351 e. The number of amides is 1. The number of piperidine rings is 1. The fourth-order valence-electron chi connectivity index (χ4n) is 2.88. The van der Waals surface area contributed by atoms with E-state index in [1.165, 1.54) is 4.68 Å². The van der Waals surface area contributed by atoms with E-state index in [1.54, 1.807) is 11.1 Å². The Balaban J connectivity index is 1.80. The highest BCUT2D eigenvalue weighted by molar-refractivity contribution is 5.92. The average Bonchev–Trinajstić information content (AvgIpc) is 3.05. The van der Waals surface area contributed by atoms with E-state index < -0.39 is 12.7 Å². The Hall–Kier alpha value is -1.65. The Labute approximate surface area is 151 Å². The highest BCUT2D eigenvalue weighted by Crippen LogP contribution is 2.12. The monoisotopic (exact) mass is 375 g/mol. The first kappa shape index (κ1) is 20.7. The Morgan fingerprint density at radius 2 is 1.92 bits per heavy atom. The summed E-state index contributed by atoms with van der Waals surface area (Å²) < 4.78 is 37.2. The fourth-order valence-corrected chi connectivity index (χ4v) is 2.88. The number of aromatic nitrogens is 3. The van der Waals surface area contributed by atoms with Crippen molar-refractivity contribution >= 4 is 5.91 Å². The lowest BCUT2D eigenvalue weighted by molar-refractivity contribution is -0.145. The Bertz CT molecular complexity index is 544. The zero-order valence-electron chi connectivity index (χ0n) is 15.2. The average molecular weight is 375 g/mol. The van der Waals surface area contributed by atoms with Crippen molar-refractivity contribution < 1.29 is 23.0 Å². The van der Waals surface area contributed by atoms with Crippen LogP contribution in [0.4, 0.5) is 8.78 Å². The fraction of sp³-hybridized carbons (Fsp3) is 0.812. The van der Waals surface area contributed by atoms with Gasteiger partial charge in [-0.05, 0) is 26.7 Å². The second kappa shape index (κ2) is 10.5. The number of hydrogen-bond donors (Lipinski definition) is 1. The van der Waals surface area contributed by atoms with Crippen LogP contribution in [0.5, 0.6) is 0 Å². The number of rotatable bonds is 10. The number of halogens is 2. The van der Waals surface area contributed by atoms with Gasteiger partial charge in [0.2, 0.25) is 0 Å². The number of nitrogens with zero attached hydrogens (tertiary/aromatic N) is 4. The van der Waals surface area contributed by atoms with Crippen LogP contribution in [0.25, 0.3) is 0 Å². The summed E-state index contributed by atoms with van der Waals surface area (Å²) in [5, 5.41) is 10.7. The summed E-state index contributed by atoms with van der Waals surface area (Å²) in [6.45, 7) is 5.99. The molecule has 1 aromatic rings. The van der Waals surface area contributed by atoms with E-state index in [4.69, 9.17) is 9.47 Å². The van der Waals surface area contributed by atoms with Gasteiger partial charge in [-0.3, -0.25) is 9.69 Å². The molecule has 1 aliphatic rings. The van der Waals surface area contributed by atoms with Crippen molar-refractivity contribution in [3.05, 3.63) is 11.9 Å². The minimum absolute atomic E-state index is 0.0406. The van der Waals surface area contributed by atoms with Crippen LogP contribution in [-0.2, 0) is 16.0 Å². The normalized spacial score (nSPS) is 16.5. The van der Waals surface area contributed by atoms with Crippen molar-refractivity contribution in [1.82, 2.24) is 25.2 Å². The van der Waals surface area contributed by atoms with Crippen LogP contribution < -0.4 is 5.32 Å². The zero-order valence-corrected chi connectivity index (χ0v) is 15.2. The third-order valence-corrected chi connectivity index (χ3v) is 4.13. The highest BCUT2D eigenvalue weighted by atomic mass is 19.3. The first-order chi connectivity index (χ1) is 12.5. The molecule has 0 saturated carbocycles. The first-order valence-corrected chi connectivity index (χ1v) is 8.96. The maximum atomic E-state index is 12.4. The van der Waals surface area contributed by atoms with Gasteiger partial charge in [-0.2, -0.15) is 0 Å². The molecule has 0 spiro atoms. The standard InChI is InChI=1S/C16H27F2N5O3/c1-3-25-15(26-4-2)11-23-9-13(20-21-23)16(24)19-12-5-7-22(8-6-12)10-14(17)18/h9,12,14-15H,3-8,10-11H2,1-2H3,(H,19,24). The van der Waals surface area contributed by atoms with E-state index in [9.17, 15) is 13.6 Å². The molecule has 148 valence electrons. The SMILES string of the molecule is CCOC(Cn1cc(C(=O)NC2CCN(CC(F)F)CC2)nn1)OCC. The van der Waals surface area contributed by atoms with Gasteiger partial charge in [-0.25, -0.2) is 13.5 Å². The van der Waals surface area contributed by atoms with Crippen molar-refractivity contribution in [3.8, 4) is 0 Å². The molecule has 8 nitrogen and oxygen atoms in total. The molecule has 1 saturated heterocycles. The molecule has 1 fully saturated rings. The number of carbonyl (C=O) groups excluding carboxylic acids is 1. The van der Waals surface area contributed by atoms with E-state index in [0.29, 0.717) is 45.7 Å². The minimum atomic E-state index is -2.33. The molecule has 1 aliphatic heterocycles. The van der Waals surface area contributed by atoms with Gasteiger partial charge < -0.3 is 14.8 Å². The van der Waals surface area contributed by atoms with Crippen LogP contribution in [0.3, 0.4) is 0 Å². The molecule has 1 aromatic heterocycles. The molecule has 0 aromatic carbocycles. The summed E-state index contributed by atoms with van der Waals surface area (Å²) in [5.41, 5.74) is 0.215. The zero-order chi connectivity index (χ0) is 18.9. The number of alkyl halides is 2. The molecule has 0 bridgehead atoms. The predicted octanol–water partition coefficient (Wildman–Crippen LogP) is 1.14. The van der Waals surface area contributed by atoms with E-state index in [2.05, 4.69) is 15.6 Å². The molecule has 0 unspecified atom stereocenters. The summed E-state index contributed by atoms with van der Waals surface area (Å²) in [6.07, 6.45) is 0.0640. The number of ether oxygens (including phenoxy) is 2. The van der Waals surface area contributed by atoms with Gasteiger partial charge in [0.1, 0.15) is 0 Å². The van der Waals surface area contributed by atoms with Crippen molar-refractivity contribution in [2.24, 2.45) is 0 Å². The molecule has 1 amide bonds. The van der Waals surface area contributed by atoms with Crippen LogP contribution in [0.1, 0.15) is 37.2 Å².